The first-order chi connectivity index (χ1) is 16.6. The van der Waals surface area contributed by atoms with Crippen LogP contribution in [0, 0.1) is 5.82 Å². The molecule has 4 rings (SSSR count). The quantitative estimate of drug-likeness (QED) is 0.216. The zero-order valence-electron chi connectivity index (χ0n) is 19.0. The smallest absolute Gasteiger partial charge is 0.198 e. The molecule has 4 aromatic rings. The first-order valence-corrected chi connectivity index (χ1v) is 12.4. The highest BCUT2D eigenvalue weighted by atomic mass is 35.5. The Kier molecular flexibility index (Phi) is 7.58. The number of aromatic nitrogens is 2. The molecule has 0 radical (unpaired) electrons. The maximum absolute atomic E-state index is 13.7. The largest absolute Gasteiger partial charge is 0.293 e. The van der Waals surface area contributed by atoms with Crippen molar-refractivity contribution in [3.8, 4) is 5.69 Å². The van der Waals surface area contributed by atoms with Crippen LogP contribution in [0.2, 0.25) is 20.1 Å². The number of Topliss-reactive ketones (excluding diaryl/α,β-unsaturated/α-hetero) is 1. The van der Waals surface area contributed by atoms with Gasteiger partial charge in [-0.1, -0.05) is 72.4 Å². The van der Waals surface area contributed by atoms with Crippen molar-refractivity contribution in [3.63, 3.8) is 0 Å². The summed E-state index contributed by atoms with van der Waals surface area (Å²) in [6, 6.07) is 16.6. The number of carbonyl (C=O) groups is 1. The van der Waals surface area contributed by atoms with Crippen molar-refractivity contribution in [2.24, 2.45) is 0 Å². The summed E-state index contributed by atoms with van der Waals surface area (Å²) in [6.45, 7) is 4.01. The Morgan fingerprint density at radius 2 is 1.63 bits per heavy atom. The third kappa shape index (κ3) is 5.41. The average molecular weight is 550 g/mol. The second-order valence-electron chi connectivity index (χ2n) is 8.69. The molecule has 3 aromatic carbocycles. The fourth-order valence-corrected chi connectivity index (χ4v) is 4.76. The summed E-state index contributed by atoms with van der Waals surface area (Å²) in [5, 5.41) is 1.93. The van der Waals surface area contributed by atoms with Crippen LogP contribution in [0.4, 0.5) is 4.39 Å². The molecule has 8 heteroatoms. The Labute approximate surface area is 223 Å². The van der Waals surface area contributed by atoms with Gasteiger partial charge < -0.3 is 0 Å². The van der Waals surface area contributed by atoms with Gasteiger partial charge in [0, 0.05) is 27.6 Å². The summed E-state index contributed by atoms with van der Waals surface area (Å²) >= 11 is 24.7. The van der Waals surface area contributed by atoms with E-state index in [4.69, 9.17) is 46.4 Å². The first kappa shape index (κ1) is 25.7. The molecule has 0 fully saturated rings. The summed E-state index contributed by atoms with van der Waals surface area (Å²) in [4.78, 5) is 17.9. The van der Waals surface area contributed by atoms with E-state index in [-0.39, 0.29) is 23.8 Å². The minimum atomic E-state index is -0.604. The van der Waals surface area contributed by atoms with Gasteiger partial charge in [-0.2, -0.15) is 0 Å². The third-order valence-corrected chi connectivity index (χ3v) is 7.34. The highest BCUT2D eigenvalue weighted by Gasteiger charge is 2.31. The van der Waals surface area contributed by atoms with Crippen molar-refractivity contribution in [2.75, 3.05) is 0 Å². The SMILES string of the molecule is CC(C)(c1ccc(Cl)c(Cl)c1)c1cnc(C(=O)CCc2ccc(Cl)cc2Cl)n1-c1ccc(F)cc1. The lowest BCUT2D eigenvalue weighted by atomic mass is 9.81. The number of nitrogens with zero attached hydrogens (tertiary/aromatic N) is 2. The lowest BCUT2D eigenvalue weighted by molar-refractivity contribution is 0.0971. The maximum Gasteiger partial charge on any atom is 0.198 e. The molecule has 0 saturated carbocycles. The van der Waals surface area contributed by atoms with Gasteiger partial charge in [0.15, 0.2) is 11.6 Å². The van der Waals surface area contributed by atoms with Crippen LogP contribution in [-0.4, -0.2) is 15.3 Å². The molecule has 35 heavy (non-hydrogen) atoms. The highest BCUT2D eigenvalue weighted by Crippen LogP contribution is 2.37. The number of ketones is 1. The second kappa shape index (κ2) is 10.3. The van der Waals surface area contributed by atoms with Gasteiger partial charge in [-0.05, 0) is 66.1 Å². The van der Waals surface area contributed by atoms with E-state index < -0.39 is 5.41 Å². The van der Waals surface area contributed by atoms with Crippen molar-refractivity contribution < 1.29 is 9.18 Å². The van der Waals surface area contributed by atoms with Gasteiger partial charge in [0.2, 0.25) is 0 Å². The van der Waals surface area contributed by atoms with Crippen LogP contribution in [0.1, 0.15) is 47.7 Å². The minimum Gasteiger partial charge on any atom is -0.293 e. The number of hydrogen-bond acceptors (Lipinski definition) is 2. The van der Waals surface area contributed by atoms with Gasteiger partial charge in [0.25, 0.3) is 0 Å². The van der Waals surface area contributed by atoms with E-state index in [0.717, 1.165) is 16.8 Å². The molecular formula is C27H21Cl4FN2O. The molecule has 0 aliphatic carbocycles. The number of benzene rings is 3. The number of carbonyl (C=O) groups excluding carboxylic acids is 1. The summed E-state index contributed by atoms with van der Waals surface area (Å²) in [7, 11) is 0. The second-order valence-corrected chi connectivity index (χ2v) is 10.3. The number of aryl methyl sites for hydroxylation is 1. The van der Waals surface area contributed by atoms with Gasteiger partial charge in [0.05, 0.1) is 21.9 Å². The first-order valence-electron chi connectivity index (χ1n) is 10.8. The molecule has 3 nitrogen and oxygen atoms in total. The van der Waals surface area contributed by atoms with Gasteiger partial charge in [0.1, 0.15) is 5.82 Å². The topological polar surface area (TPSA) is 34.9 Å². The standard InChI is InChI=1S/C27H21Cl4FN2O/c1-27(2,17-5-11-21(29)23(31)13-17)25-15-33-26(34(25)20-9-7-19(32)8-10-20)24(35)12-4-16-3-6-18(28)14-22(16)30/h3,5-11,13-15H,4,12H2,1-2H3. The zero-order chi connectivity index (χ0) is 25.3. The van der Waals surface area contributed by atoms with E-state index in [1.807, 2.05) is 26.0 Å². The van der Waals surface area contributed by atoms with Crippen molar-refractivity contribution in [2.45, 2.75) is 32.1 Å². The Balaban J connectivity index is 1.75. The van der Waals surface area contributed by atoms with Crippen LogP contribution in [-0.2, 0) is 11.8 Å². The Morgan fingerprint density at radius 1 is 0.914 bits per heavy atom. The van der Waals surface area contributed by atoms with Crippen LogP contribution in [0.15, 0.2) is 66.9 Å². The van der Waals surface area contributed by atoms with E-state index in [9.17, 15) is 9.18 Å². The van der Waals surface area contributed by atoms with Crippen molar-refractivity contribution in [1.82, 2.24) is 9.55 Å². The summed E-state index contributed by atoms with van der Waals surface area (Å²) < 4.78 is 15.5. The van der Waals surface area contributed by atoms with Gasteiger partial charge in [-0.25, -0.2) is 9.37 Å². The zero-order valence-corrected chi connectivity index (χ0v) is 22.0. The highest BCUT2D eigenvalue weighted by molar-refractivity contribution is 6.42. The van der Waals surface area contributed by atoms with Crippen LogP contribution in [0.5, 0.6) is 0 Å². The molecule has 0 aliphatic heterocycles. The molecule has 0 N–H and O–H groups in total. The Bertz CT molecular complexity index is 1400. The molecule has 180 valence electrons. The number of hydrogen-bond donors (Lipinski definition) is 0. The van der Waals surface area contributed by atoms with Gasteiger partial charge in [-0.15, -0.1) is 0 Å². The predicted octanol–water partition coefficient (Wildman–Crippen LogP) is 8.77. The van der Waals surface area contributed by atoms with Crippen LogP contribution in [0.25, 0.3) is 5.69 Å². The van der Waals surface area contributed by atoms with Crippen LogP contribution in [0.3, 0.4) is 0 Å². The van der Waals surface area contributed by atoms with Crippen LogP contribution < -0.4 is 0 Å². The monoisotopic (exact) mass is 548 g/mol. The fourth-order valence-electron chi connectivity index (χ4n) is 3.96. The molecule has 0 aliphatic rings. The van der Waals surface area contributed by atoms with Crippen LogP contribution >= 0.6 is 46.4 Å². The molecule has 0 unspecified atom stereocenters. The lowest BCUT2D eigenvalue weighted by Crippen LogP contribution is -2.24. The van der Waals surface area contributed by atoms with Gasteiger partial charge >= 0.3 is 0 Å². The molecule has 0 amide bonds. The third-order valence-electron chi connectivity index (χ3n) is 6.01. The lowest BCUT2D eigenvalue weighted by Gasteiger charge is -2.27. The van der Waals surface area contributed by atoms with E-state index in [1.54, 1.807) is 47.2 Å². The van der Waals surface area contributed by atoms with Crippen molar-refractivity contribution in [1.29, 1.82) is 0 Å². The van der Waals surface area contributed by atoms with E-state index in [2.05, 4.69) is 4.98 Å². The molecule has 0 spiro atoms. The normalized spacial score (nSPS) is 11.6. The molecule has 0 saturated heterocycles. The fraction of sp³-hybridized carbons (Fsp3) is 0.185. The summed E-state index contributed by atoms with van der Waals surface area (Å²) in [5.41, 5.74) is 2.48. The van der Waals surface area contributed by atoms with E-state index >= 15 is 0 Å². The average Bonchev–Trinajstić information content (AvgIpc) is 3.27. The number of halogens is 5. The van der Waals surface area contributed by atoms with Gasteiger partial charge in [-0.3, -0.25) is 9.36 Å². The molecule has 0 bridgehead atoms. The predicted molar refractivity (Wildman–Crippen MR) is 141 cm³/mol. The molecular weight excluding hydrogens is 529 g/mol. The van der Waals surface area contributed by atoms with Crippen molar-refractivity contribution >= 4 is 52.2 Å². The van der Waals surface area contributed by atoms with Crippen molar-refractivity contribution in [3.05, 3.63) is 115 Å². The number of rotatable bonds is 7. The minimum absolute atomic E-state index is 0.170. The Hall–Kier alpha value is -2.37. The summed E-state index contributed by atoms with van der Waals surface area (Å²) in [6.07, 6.45) is 2.29. The molecule has 1 aromatic heterocycles. The number of imidazole rings is 1. The molecule has 0 atom stereocenters. The van der Waals surface area contributed by atoms with E-state index in [0.29, 0.717) is 32.2 Å². The molecule has 1 heterocycles. The van der Waals surface area contributed by atoms with E-state index in [1.165, 1.54) is 12.1 Å². The summed E-state index contributed by atoms with van der Waals surface area (Å²) in [5.74, 6) is -0.286. The Morgan fingerprint density at radius 3 is 2.29 bits per heavy atom. The maximum atomic E-state index is 13.7.